The molecule has 13 rings (SSSR count). The van der Waals surface area contributed by atoms with E-state index in [-0.39, 0.29) is 67.5 Å². The van der Waals surface area contributed by atoms with Crippen LogP contribution < -0.4 is 31.1 Å². The third-order valence-electron chi connectivity index (χ3n) is 13.8. The molecule has 0 bridgehead atoms. The molecule has 10 aromatic rings. The highest BCUT2D eigenvalue weighted by atomic mass is 15.2. The maximum atomic E-state index is 11.7. The van der Waals surface area contributed by atoms with E-state index in [0.717, 1.165) is 4.90 Å². The van der Waals surface area contributed by atoms with E-state index in [1.165, 1.54) is 9.47 Å². The van der Waals surface area contributed by atoms with Crippen LogP contribution in [0.15, 0.2) is 169 Å². The lowest BCUT2D eigenvalue weighted by molar-refractivity contribution is 0.590. The first kappa shape index (κ1) is 25.5. The van der Waals surface area contributed by atoms with Gasteiger partial charge in [-0.2, -0.15) is 5.26 Å². The molecular formula is C69H64BN5. The summed E-state index contributed by atoms with van der Waals surface area (Å²) in [6.45, 7) is 17.8. The smallest absolute Gasteiger partial charge is 0.252 e. The number of anilines is 9. The Morgan fingerprint density at radius 3 is 1.64 bits per heavy atom. The van der Waals surface area contributed by atoms with E-state index in [0.29, 0.717) is 4.90 Å². The average molecular weight is 1000 g/mol. The quantitative estimate of drug-likeness (QED) is 0.165. The minimum Gasteiger partial charge on any atom is -0.311 e. The number of para-hydroxylation sites is 1. The number of hydrogen-bond donors (Lipinski definition) is 0. The van der Waals surface area contributed by atoms with Crippen LogP contribution in [0.3, 0.4) is 0 Å². The van der Waals surface area contributed by atoms with Gasteiger partial charge in [0.2, 0.25) is 0 Å². The molecule has 0 aliphatic carbocycles. The van der Waals surface area contributed by atoms with Gasteiger partial charge >= 0.3 is 0 Å². The molecule has 0 amide bonds. The Morgan fingerprint density at radius 2 is 1.00 bits per heavy atom. The van der Waals surface area contributed by atoms with E-state index < -0.39 is 264 Å². The van der Waals surface area contributed by atoms with Gasteiger partial charge in [0, 0.05) is 50.3 Å². The minimum absolute atomic E-state index is 0.00983. The number of fused-ring (bicyclic) bond motifs is 10. The van der Waals surface area contributed by atoms with Crippen molar-refractivity contribution in [1.82, 2.24) is 4.57 Å². The monoisotopic (exact) mass is 1000 g/mol. The average Bonchev–Trinajstić information content (AvgIpc) is 1.65. The third kappa shape index (κ3) is 7.11. The number of nitriles is 1. The third-order valence-corrected chi connectivity index (χ3v) is 13.8. The zero-order chi connectivity index (χ0) is 76.6. The summed E-state index contributed by atoms with van der Waals surface area (Å²) in [5.74, 6) is 0. The van der Waals surface area contributed by atoms with Crippen molar-refractivity contribution < 1.29 is 38.4 Å². The zero-order valence-corrected chi connectivity index (χ0v) is 43.3. The fourth-order valence-corrected chi connectivity index (χ4v) is 9.99. The van der Waals surface area contributed by atoms with Crippen molar-refractivity contribution >= 4 is 107 Å². The number of benzene rings is 9. The van der Waals surface area contributed by atoms with E-state index >= 15 is 0 Å². The van der Waals surface area contributed by atoms with Crippen LogP contribution >= 0.6 is 0 Å². The molecule has 5 nitrogen and oxygen atoms in total. The Morgan fingerprint density at radius 1 is 0.440 bits per heavy atom. The lowest BCUT2D eigenvalue weighted by atomic mass is 9.33. The van der Waals surface area contributed by atoms with E-state index in [4.69, 9.17) is 2.74 Å². The normalized spacial score (nSPS) is 19.0. The van der Waals surface area contributed by atoms with E-state index in [9.17, 15) is 40.9 Å². The summed E-state index contributed by atoms with van der Waals surface area (Å²) < 4.78 is 279. The van der Waals surface area contributed by atoms with Crippen LogP contribution in [0.1, 0.15) is 149 Å². The number of nitrogens with zero attached hydrogens (tertiary/aromatic N) is 5. The van der Waals surface area contributed by atoms with Crippen molar-refractivity contribution in [1.29, 1.82) is 5.26 Å². The largest absolute Gasteiger partial charge is 0.311 e. The highest BCUT2D eigenvalue weighted by Crippen LogP contribution is 2.54. The molecule has 1 aromatic heterocycles. The number of hydrogen-bond acceptors (Lipinski definition) is 4. The molecule has 0 fully saturated rings. The predicted molar refractivity (Wildman–Crippen MR) is 320 cm³/mol. The predicted octanol–water partition coefficient (Wildman–Crippen LogP) is 16.9. The van der Waals surface area contributed by atoms with Gasteiger partial charge in [-0.15, -0.1) is 0 Å². The van der Waals surface area contributed by atoms with Gasteiger partial charge in [-0.3, -0.25) is 0 Å². The van der Waals surface area contributed by atoms with Gasteiger partial charge in [0.15, 0.2) is 0 Å². The standard InChI is InChI=1S/C69H64BN5/c1-66(2,3)44-23-28-48(29-24-44)72(49-30-25-45(26-31-49)67(4,5)6)50-32-33-54-59(40-50)73(56-21-15-18-43-17-13-14-19-51(43)56)60-35-42(41-71)36-61-63(60)70(54)55-20-16-22-58-65(55)75(61)62-39-47(69(10,11)12)38-53-52-37-46(68(7,8)9)27-34-57(52)74(58)64(53)62/h13-40H,1-12H3/i13D,14D,15D,16D,17D,18D,19D,20D,21D,22D,23D,24D,25D,26D,27D,28D,29D,30D,31D,32D,33D,34D,35D,36D,37D,38D,39D,40D. The summed E-state index contributed by atoms with van der Waals surface area (Å²) in [5, 5.41) is 9.98. The molecular weight excluding hydrogens is 910 g/mol. The molecule has 75 heavy (non-hydrogen) atoms. The fraction of sp³-hybridized carbons (Fsp3) is 0.232. The summed E-state index contributed by atoms with van der Waals surface area (Å²) in [6, 6.07) is -21.5. The highest BCUT2D eigenvalue weighted by molar-refractivity contribution is 7.00. The first-order chi connectivity index (χ1) is 47.4. The van der Waals surface area contributed by atoms with Crippen LogP contribution in [0.2, 0.25) is 0 Å². The Labute approximate surface area is 482 Å². The molecule has 0 saturated heterocycles. The Kier molecular flexibility index (Phi) is 5.44. The van der Waals surface area contributed by atoms with Crippen molar-refractivity contribution in [3.8, 4) is 11.8 Å². The molecule has 0 unspecified atom stereocenters. The van der Waals surface area contributed by atoms with Gasteiger partial charge < -0.3 is 19.3 Å². The molecule has 9 aromatic carbocycles. The van der Waals surface area contributed by atoms with Crippen LogP contribution in [-0.4, -0.2) is 11.3 Å². The Bertz CT molecular complexity index is 5620. The summed E-state index contributed by atoms with van der Waals surface area (Å²) in [5.41, 5.74) is -14.7. The van der Waals surface area contributed by atoms with Crippen molar-refractivity contribution in [3.63, 3.8) is 0 Å². The van der Waals surface area contributed by atoms with Gasteiger partial charge in [0.05, 0.1) is 83.8 Å². The zero-order valence-electron chi connectivity index (χ0n) is 71.3. The number of rotatable bonds is 4. The molecule has 0 saturated carbocycles. The molecule has 3 aliphatic heterocycles. The number of aromatic nitrogens is 1. The van der Waals surface area contributed by atoms with Crippen LogP contribution in [0.25, 0.3) is 38.3 Å². The van der Waals surface area contributed by atoms with Gasteiger partial charge in [-0.25, -0.2) is 0 Å². The lowest BCUT2D eigenvalue weighted by Crippen LogP contribution is -2.61. The molecule has 6 heteroatoms. The molecule has 0 N–H and O–H groups in total. The maximum Gasteiger partial charge on any atom is 0.252 e. The minimum atomic E-state index is -2.09. The van der Waals surface area contributed by atoms with Crippen molar-refractivity contribution in [2.24, 2.45) is 0 Å². The summed E-state index contributed by atoms with van der Waals surface area (Å²) in [6.07, 6.45) is 0. The molecule has 0 radical (unpaired) electrons. The second-order valence-corrected chi connectivity index (χ2v) is 23.2. The van der Waals surface area contributed by atoms with Gasteiger partial charge in [0.1, 0.15) is 0 Å². The second-order valence-electron chi connectivity index (χ2n) is 23.2. The second kappa shape index (κ2) is 16.0. The van der Waals surface area contributed by atoms with E-state index in [1.807, 2.05) is 6.07 Å². The SMILES string of the molecule is [2H]c1c([2H])c2c3c(c1[2H])-n1c4c([2H])c([2H])c(C(C)(C)C)c([2H])c4c4c([2H])c(C(C)(C)C)c([2H])c(c41)N3c1c([2H])c(C#N)c([2H])c3c1B2c1c([2H])c([2H])c(N(c2c([2H])c([2H])c(C(C)(C)C)c([2H])c2[2H])c2c([2H])c([2H])c(C(C)(C)C)c([2H])c2[2H])c([2H])c1N3c1c([2H])c([2H])c([2H])c2c([2H])c([2H])c([2H])c([2H])c12. The molecule has 0 atom stereocenters. The van der Waals surface area contributed by atoms with Crippen molar-refractivity contribution in [3.05, 3.63) is 197 Å². The van der Waals surface area contributed by atoms with Gasteiger partial charge in [-0.05, 0) is 150 Å². The van der Waals surface area contributed by atoms with Crippen LogP contribution in [0, 0.1) is 11.3 Å². The van der Waals surface area contributed by atoms with Crippen molar-refractivity contribution in [2.45, 2.75) is 105 Å². The molecule has 368 valence electrons. The van der Waals surface area contributed by atoms with Crippen molar-refractivity contribution in [2.75, 3.05) is 14.7 Å². The molecule has 0 spiro atoms. The maximum absolute atomic E-state index is 11.7. The fourth-order valence-electron chi connectivity index (χ4n) is 9.99. The topological polar surface area (TPSA) is 38.4 Å². The Balaban J connectivity index is 1.36. The summed E-state index contributed by atoms with van der Waals surface area (Å²) >= 11 is 0. The van der Waals surface area contributed by atoms with Crippen LogP contribution in [0.4, 0.5) is 51.2 Å². The summed E-state index contributed by atoms with van der Waals surface area (Å²) in [7, 11) is 0. The molecule has 4 heterocycles. The van der Waals surface area contributed by atoms with Gasteiger partial charge in [-0.1, -0.05) is 168 Å². The van der Waals surface area contributed by atoms with Crippen LogP contribution in [-0.2, 0) is 21.7 Å². The van der Waals surface area contributed by atoms with E-state index in [1.54, 1.807) is 83.1 Å². The molecule has 3 aliphatic rings. The van der Waals surface area contributed by atoms with E-state index in [2.05, 4.69) is 0 Å². The first-order valence-electron chi connectivity index (χ1n) is 38.5. The summed E-state index contributed by atoms with van der Waals surface area (Å²) in [4.78, 5) is 2.59. The first-order valence-corrected chi connectivity index (χ1v) is 24.5. The van der Waals surface area contributed by atoms with Crippen LogP contribution in [0.5, 0.6) is 0 Å². The van der Waals surface area contributed by atoms with Gasteiger partial charge in [0.25, 0.3) is 6.71 Å². The Hall–Kier alpha value is -8.01. The highest BCUT2D eigenvalue weighted by Gasteiger charge is 2.47. The lowest BCUT2D eigenvalue weighted by Gasteiger charge is -2.46.